The molecule has 5 aliphatic carbocycles. The number of hydrogen-bond acceptors (Lipinski definition) is 4. The topological polar surface area (TPSA) is 59.1 Å². The summed E-state index contributed by atoms with van der Waals surface area (Å²) < 4.78 is 14.5. The van der Waals surface area contributed by atoms with E-state index in [0.29, 0.717) is 23.9 Å². The van der Waals surface area contributed by atoms with E-state index in [1.54, 1.807) is 5.57 Å². The molecule has 8 atom stereocenters. The van der Waals surface area contributed by atoms with Crippen LogP contribution in [0.5, 0.6) is 0 Å². The van der Waals surface area contributed by atoms with Gasteiger partial charge in [-0.2, -0.15) is 0 Å². The minimum Gasteiger partial charge on any atom is -0.414 e. The Morgan fingerprint density at radius 1 is 0.872 bits per heavy atom. The van der Waals surface area contributed by atoms with E-state index in [2.05, 4.69) is 73.4 Å². The van der Waals surface area contributed by atoms with Crippen molar-refractivity contribution < 1.29 is 18.4 Å². The third kappa shape index (κ3) is 5.89. The predicted molar refractivity (Wildman–Crippen MR) is 196 cm³/mol. The lowest BCUT2D eigenvalue weighted by Crippen LogP contribution is -2.73. The van der Waals surface area contributed by atoms with Crippen LogP contribution in [0.4, 0.5) is 0 Å². The Kier molecular flexibility index (Phi) is 9.21. The minimum atomic E-state index is -2.10. The van der Waals surface area contributed by atoms with Gasteiger partial charge in [0.2, 0.25) is 11.8 Å². The van der Waals surface area contributed by atoms with Crippen LogP contribution in [0.2, 0.25) is 37.8 Å². The molecule has 6 rings (SSSR count). The maximum absolute atomic E-state index is 14.8. The summed E-state index contributed by atoms with van der Waals surface area (Å²) >= 11 is 0. The number of carbonyl (C=O) groups excluding carboxylic acids is 2. The Morgan fingerprint density at radius 3 is 2.17 bits per heavy atom. The summed E-state index contributed by atoms with van der Waals surface area (Å²) in [6, 6.07) is -0.337. The van der Waals surface area contributed by atoms with Gasteiger partial charge in [-0.1, -0.05) is 65.5 Å². The van der Waals surface area contributed by atoms with Crippen LogP contribution < -0.4 is 0 Å². The lowest BCUT2D eigenvalue weighted by Gasteiger charge is -2.62. The third-order valence-electron chi connectivity index (χ3n) is 15.1. The first-order chi connectivity index (χ1) is 21.7. The van der Waals surface area contributed by atoms with E-state index in [1.165, 1.54) is 19.3 Å². The average Bonchev–Trinajstić information content (AvgIpc) is 3.26. The van der Waals surface area contributed by atoms with Crippen molar-refractivity contribution in [3.8, 4) is 0 Å². The largest absolute Gasteiger partial charge is 0.414 e. The predicted octanol–water partition coefficient (Wildman–Crippen LogP) is 8.93. The normalized spacial score (nSPS) is 40.6. The fraction of sp³-hybridized carbons (Fsp3) is 0.897. The summed E-state index contributed by atoms with van der Waals surface area (Å²) in [4.78, 5) is 32.5. The van der Waals surface area contributed by atoms with Gasteiger partial charge in [0.05, 0.1) is 5.60 Å². The molecule has 2 amide bonds. The zero-order valence-corrected chi connectivity index (χ0v) is 34.0. The molecule has 4 saturated carbocycles. The van der Waals surface area contributed by atoms with Crippen LogP contribution in [0.15, 0.2) is 11.6 Å². The van der Waals surface area contributed by atoms with Crippen molar-refractivity contribution in [3.63, 3.8) is 0 Å². The van der Waals surface area contributed by atoms with Crippen LogP contribution in [0.3, 0.4) is 0 Å². The van der Waals surface area contributed by atoms with E-state index in [9.17, 15) is 9.59 Å². The van der Waals surface area contributed by atoms with Crippen LogP contribution in [0.1, 0.15) is 118 Å². The van der Waals surface area contributed by atoms with Crippen molar-refractivity contribution >= 4 is 28.4 Å². The number of amides is 2. The lowest BCUT2D eigenvalue weighted by atomic mass is 9.46. The molecule has 0 aromatic heterocycles. The first-order valence-corrected chi connectivity index (χ1v) is 25.7. The molecule has 1 heterocycles. The van der Waals surface area contributed by atoms with Crippen LogP contribution in [0.25, 0.3) is 0 Å². The van der Waals surface area contributed by atoms with Crippen molar-refractivity contribution in [2.75, 3.05) is 13.6 Å². The van der Waals surface area contributed by atoms with Crippen molar-refractivity contribution in [1.82, 2.24) is 9.80 Å². The second-order valence-electron chi connectivity index (χ2n) is 19.8. The number of carbonyl (C=O) groups is 2. The summed E-state index contributed by atoms with van der Waals surface area (Å²) in [7, 11) is -2.02. The number of rotatable bonds is 6. The SMILES string of the molecule is CN1C(=O)CN(C2CCCCC2)C(=O)[C@@H]1[C@@]1(O[Si](C)(C)C)CC[C@H]2[C@@H]3CC=C4C[C@@H](O[Si](C)(C)C(C)(C)C)CC[C@]4(C)[C@H]3CC[C@@]21C. The van der Waals surface area contributed by atoms with Crippen molar-refractivity contribution in [1.29, 1.82) is 0 Å². The number of piperazine rings is 1. The number of allylic oxidation sites excluding steroid dienone is 1. The zero-order chi connectivity index (χ0) is 34.4. The first kappa shape index (κ1) is 35.8. The van der Waals surface area contributed by atoms with Gasteiger partial charge in [0.1, 0.15) is 12.6 Å². The van der Waals surface area contributed by atoms with E-state index in [-0.39, 0.29) is 40.3 Å². The number of nitrogens with zero attached hydrogens (tertiary/aromatic N) is 2. The summed E-state index contributed by atoms with van der Waals surface area (Å²) in [6.07, 6.45) is 17.4. The highest BCUT2D eigenvalue weighted by molar-refractivity contribution is 6.74. The minimum absolute atomic E-state index is 0.0916. The molecule has 6 aliphatic rings. The maximum Gasteiger partial charge on any atom is 0.249 e. The van der Waals surface area contributed by atoms with E-state index < -0.39 is 28.3 Å². The van der Waals surface area contributed by atoms with Gasteiger partial charge in [-0.3, -0.25) is 9.59 Å². The molecule has 6 nitrogen and oxygen atoms in total. The molecule has 0 aromatic carbocycles. The number of fused-ring (bicyclic) bond motifs is 5. The second kappa shape index (κ2) is 12.1. The molecule has 0 aromatic rings. The molecule has 0 bridgehead atoms. The standard InChI is InChI=1S/C39H68N2O4Si2/c1-36(2,3)47(10,11)44-29-19-22-37(4)27(25-29)17-18-30-31(37)20-23-38(5)32(30)21-24-39(38,45-46(7,8)9)34-35(43)41(26-33(42)40(34)6)28-15-13-12-14-16-28/h17,28-32,34H,12-16,18-26H2,1-11H3/t29-,30+,31-,32-,34+,37-,38-,39-/m0/s1. The molecule has 1 aliphatic heterocycles. The van der Waals surface area contributed by atoms with E-state index in [1.807, 2.05) is 16.8 Å². The molecular formula is C39H68N2O4Si2. The van der Waals surface area contributed by atoms with Crippen molar-refractivity contribution in [2.45, 2.75) is 180 Å². The molecule has 266 valence electrons. The third-order valence-corrected chi connectivity index (χ3v) is 20.6. The van der Waals surface area contributed by atoms with E-state index >= 15 is 0 Å². The van der Waals surface area contributed by atoms with Gasteiger partial charge in [0.15, 0.2) is 16.6 Å². The Balaban J connectivity index is 1.31. The molecular weight excluding hydrogens is 617 g/mol. The van der Waals surface area contributed by atoms with Gasteiger partial charge < -0.3 is 18.7 Å². The van der Waals surface area contributed by atoms with Crippen molar-refractivity contribution in [2.24, 2.45) is 28.6 Å². The van der Waals surface area contributed by atoms with Crippen LogP contribution in [0, 0.1) is 28.6 Å². The van der Waals surface area contributed by atoms with Crippen LogP contribution in [-0.2, 0) is 18.4 Å². The van der Waals surface area contributed by atoms with E-state index in [4.69, 9.17) is 8.85 Å². The maximum atomic E-state index is 14.8. The Labute approximate surface area is 289 Å². The lowest BCUT2D eigenvalue weighted by molar-refractivity contribution is -0.185. The fourth-order valence-electron chi connectivity index (χ4n) is 11.6. The summed E-state index contributed by atoms with van der Waals surface area (Å²) in [5.74, 6) is 2.02. The van der Waals surface area contributed by atoms with Gasteiger partial charge in [0, 0.05) is 24.6 Å². The van der Waals surface area contributed by atoms with Gasteiger partial charge in [0.25, 0.3) is 0 Å². The monoisotopic (exact) mass is 684 g/mol. The smallest absolute Gasteiger partial charge is 0.249 e. The molecule has 1 saturated heterocycles. The quantitative estimate of drug-likeness (QED) is 0.207. The number of hydrogen-bond donors (Lipinski definition) is 0. The van der Waals surface area contributed by atoms with Crippen LogP contribution in [-0.4, -0.2) is 75.6 Å². The molecule has 0 N–H and O–H groups in total. The Morgan fingerprint density at radius 2 is 1.53 bits per heavy atom. The van der Waals surface area contributed by atoms with Gasteiger partial charge >= 0.3 is 0 Å². The second-order valence-corrected chi connectivity index (χ2v) is 29.0. The summed E-state index contributed by atoms with van der Waals surface area (Å²) in [5.41, 5.74) is 1.11. The first-order valence-electron chi connectivity index (χ1n) is 19.4. The van der Waals surface area contributed by atoms with Gasteiger partial charge in [-0.15, -0.1) is 0 Å². The Hall–Kier alpha value is -0.966. The number of likely N-dealkylation sites (N-methyl/N-ethyl adjacent to an activating group) is 1. The van der Waals surface area contributed by atoms with Gasteiger partial charge in [-0.05, 0) is 125 Å². The molecule has 0 unspecified atom stereocenters. The molecule has 0 radical (unpaired) electrons. The highest BCUT2D eigenvalue weighted by Gasteiger charge is 2.70. The molecule has 8 heteroatoms. The van der Waals surface area contributed by atoms with Gasteiger partial charge in [-0.25, -0.2) is 0 Å². The average molecular weight is 685 g/mol. The van der Waals surface area contributed by atoms with Crippen LogP contribution >= 0.6 is 0 Å². The zero-order valence-electron chi connectivity index (χ0n) is 32.0. The molecule has 0 spiro atoms. The Bertz CT molecular complexity index is 1260. The molecule has 5 fully saturated rings. The molecule has 47 heavy (non-hydrogen) atoms. The highest BCUT2D eigenvalue weighted by Crippen LogP contribution is 2.69. The fourth-order valence-corrected chi connectivity index (χ4v) is 14.5. The summed E-state index contributed by atoms with van der Waals surface area (Å²) in [5, 5.41) is 0.229. The van der Waals surface area contributed by atoms with E-state index in [0.717, 1.165) is 64.2 Å². The highest BCUT2D eigenvalue weighted by atomic mass is 28.4. The van der Waals surface area contributed by atoms with Crippen molar-refractivity contribution in [3.05, 3.63) is 11.6 Å². The summed E-state index contributed by atoms with van der Waals surface area (Å²) in [6.45, 7) is 24.0.